The van der Waals surface area contributed by atoms with Gasteiger partial charge >= 0.3 is 0 Å². The quantitative estimate of drug-likeness (QED) is 0.845. The number of rotatable bonds is 4. The molecule has 1 aliphatic carbocycles. The van der Waals surface area contributed by atoms with Crippen LogP contribution in [0.15, 0.2) is 18.2 Å². The van der Waals surface area contributed by atoms with Gasteiger partial charge < -0.3 is 5.32 Å². The van der Waals surface area contributed by atoms with Crippen molar-refractivity contribution in [3.05, 3.63) is 34.6 Å². The normalized spacial score (nSPS) is 25.3. The van der Waals surface area contributed by atoms with Crippen LogP contribution < -0.4 is 5.32 Å². The fraction of sp³-hybridized carbons (Fsp3) is 0.600. The van der Waals surface area contributed by atoms with E-state index in [9.17, 15) is 4.39 Å². The van der Waals surface area contributed by atoms with Gasteiger partial charge in [0.25, 0.3) is 0 Å². The molecular formula is C15H21ClFN. The fourth-order valence-corrected chi connectivity index (χ4v) is 2.87. The van der Waals surface area contributed by atoms with Crippen molar-refractivity contribution in [1.29, 1.82) is 0 Å². The Bertz CT molecular complexity index is 407. The molecule has 1 nitrogen and oxygen atoms in total. The van der Waals surface area contributed by atoms with Gasteiger partial charge in [0.2, 0.25) is 0 Å². The van der Waals surface area contributed by atoms with Gasteiger partial charge in [-0.3, -0.25) is 0 Å². The Labute approximate surface area is 114 Å². The van der Waals surface area contributed by atoms with Gasteiger partial charge in [-0.05, 0) is 55.8 Å². The van der Waals surface area contributed by atoms with Gasteiger partial charge in [0.1, 0.15) is 5.82 Å². The van der Waals surface area contributed by atoms with Crippen molar-refractivity contribution in [2.24, 2.45) is 11.8 Å². The summed E-state index contributed by atoms with van der Waals surface area (Å²) in [5.74, 6) is 1.30. The summed E-state index contributed by atoms with van der Waals surface area (Å²) in [5, 5.41) is 3.69. The minimum atomic E-state index is -0.336. The summed E-state index contributed by atoms with van der Waals surface area (Å²) in [6.45, 7) is 5.41. The van der Waals surface area contributed by atoms with Crippen LogP contribution in [0.2, 0.25) is 5.02 Å². The largest absolute Gasteiger partial charge is 0.310 e. The highest BCUT2D eigenvalue weighted by molar-refractivity contribution is 6.30. The molecule has 0 bridgehead atoms. The van der Waals surface area contributed by atoms with Crippen molar-refractivity contribution in [3.63, 3.8) is 0 Å². The van der Waals surface area contributed by atoms with Crippen molar-refractivity contribution in [1.82, 2.24) is 5.32 Å². The first-order valence-corrected chi connectivity index (χ1v) is 7.12. The first kappa shape index (κ1) is 13.8. The Hall–Kier alpha value is -0.600. The van der Waals surface area contributed by atoms with E-state index in [0.717, 1.165) is 23.9 Å². The lowest BCUT2D eigenvalue weighted by molar-refractivity contribution is 0.439. The molecule has 0 radical (unpaired) electrons. The lowest BCUT2D eigenvalue weighted by Gasteiger charge is -2.18. The lowest BCUT2D eigenvalue weighted by atomic mass is 10.0. The molecule has 3 atom stereocenters. The average Bonchev–Trinajstić information content (AvgIpc) is 2.75. The minimum Gasteiger partial charge on any atom is -0.310 e. The van der Waals surface area contributed by atoms with Gasteiger partial charge in [-0.1, -0.05) is 31.0 Å². The summed E-state index contributed by atoms with van der Waals surface area (Å²) in [4.78, 5) is 0. The van der Waals surface area contributed by atoms with Crippen LogP contribution in [0.3, 0.4) is 0 Å². The molecule has 1 saturated carbocycles. The molecule has 0 saturated heterocycles. The van der Waals surface area contributed by atoms with E-state index in [2.05, 4.69) is 19.2 Å². The summed E-state index contributed by atoms with van der Waals surface area (Å²) in [5.41, 5.74) is 0.961. The van der Waals surface area contributed by atoms with E-state index in [-0.39, 0.29) is 16.9 Å². The van der Waals surface area contributed by atoms with E-state index in [1.807, 2.05) is 6.07 Å². The Balaban J connectivity index is 1.87. The molecule has 1 aromatic rings. The Kier molecular flexibility index (Phi) is 4.63. The van der Waals surface area contributed by atoms with Crippen LogP contribution in [0.4, 0.5) is 4.39 Å². The number of halogens is 2. The lowest BCUT2D eigenvalue weighted by Crippen LogP contribution is -2.24. The van der Waals surface area contributed by atoms with Gasteiger partial charge in [0.05, 0.1) is 5.02 Å². The smallest absolute Gasteiger partial charge is 0.142 e. The molecule has 0 heterocycles. The number of hydrogen-bond acceptors (Lipinski definition) is 1. The van der Waals surface area contributed by atoms with Gasteiger partial charge in [-0.25, -0.2) is 4.39 Å². The number of benzene rings is 1. The Morgan fingerprint density at radius 3 is 2.83 bits per heavy atom. The minimum absolute atomic E-state index is 0.174. The first-order chi connectivity index (χ1) is 8.56. The van der Waals surface area contributed by atoms with Crippen LogP contribution >= 0.6 is 11.6 Å². The summed E-state index contributed by atoms with van der Waals surface area (Å²) < 4.78 is 13.4. The van der Waals surface area contributed by atoms with Crippen molar-refractivity contribution in [3.8, 4) is 0 Å². The molecule has 0 aromatic heterocycles. The van der Waals surface area contributed by atoms with Gasteiger partial charge in [-0.15, -0.1) is 0 Å². The maximum atomic E-state index is 13.4. The highest BCUT2D eigenvalue weighted by Crippen LogP contribution is 2.30. The second-order valence-corrected chi connectivity index (χ2v) is 5.99. The number of nitrogens with one attached hydrogen (secondary N) is 1. The second-order valence-electron chi connectivity index (χ2n) is 5.59. The molecule has 2 rings (SSSR count). The van der Waals surface area contributed by atoms with Gasteiger partial charge in [0.15, 0.2) is 0 Å². The molecule has 1 aromatic carbocycles. The van der Waals surface area contributed by atoms with Crippen molar-refractivity contribution < 1.29 is 4.39 Å². The molecule has 1 fully saturated rings. The molecule has 0 amide bonds. The molecular weight excluding hydrogens is 249 g/mol. The molecule has 3 heteroatoms. The van der Waals surface area contributed by atoms with Crippen LogP contribution in [0.25, 0.3) is 0 Å². The number of hydrogen-bond donors (Lipinski definition) is 1. The zero-order valence-corrected chi connectivity index (χ0v) is 11.8. The maximum absolute atomic E-state index is 13.4. The van der Waals surface area contributed by atoms with Gasteiger partial charge in [0, 0.05) is 6.04 Å². The van der Waals surface area contributed by atoms with Crippen molar-refractivity contribution >= 4 is 11.6 Å². The van der Waals surface area contributed by atoms with E-state index in [1.165, 1.54) is 25.3 Å². The standard InChI is InChI=1S/C15H21ClFN/c1-10-3-4-12(7-10)9-18-11(2)13-5-6-14(16)15(17)8-13/h5-6,8,10-12,18H,3-4,7,9H2,1-2H3. The summed E-state index contributed by atoms with van der Waals surface area (Å²) in [7, 11) is 0. The van der Waals surface area contributed by atoms with E-state index < -0.39 is 0 Å². The average molecular weight is 270 g/mol. The topological polar surface area (TPSA) is 12.0 Å². The van der Waals surface area contributed by atoms with E-state index in [4.69, 9.17) is 11.6 Å². The zero-order chi connectivity index (χ0) is 13.1. The third-order valence-corrected chi connectivity index (χ3v) is 4.27. The SMILES string of the molecule is CC1CCC(CNC(C)c2ccc(Cl)c(F)c2)C1. The summed E-state index contributed by atoms with van der Waals surface area (Å²) >= 11 is 5.69. The molecule has 0 aliphatic heterocycles. The Morgan fingerprint density at radius 1 is 1.44 bits per heavy atom. The van der Waals surface area contributed by atoms with Gasteiger partial charge in [-0.2, -0.15) is 0 Å². The molecule has 1 N–H and O–H groups in total. The predicted molar refractivity (Wildman–Crippen MR) is 74.3 cm³/mol. The van der Waals surface area contributed by atoms with Crippen molar-refractivity contribution in [2.75, 3.05) is 6.54 Å². The monoisotopic (exact) mass is 269 g/mol. The maximum Gasteiger partial charge on any atom is 0.142 e. The molecule has 0 spiro atoms. The van der Waals surface area contributed by atoms with Crippen molar-refractivity contribution in [2.45, 2.75) is 39.2 Å². The predicted octanol–water partition coefficient (Wildman–Crippen LogP) is 4.57. The third-order valence-electron chi connectivity index (χ3n) is 3.96. The first-order valence-electron chi connectivity index (χ1n) is 6.74. The van der Waals surface area contributed by atoms with E-state index in [0.29, 0.717) is 0 Å². The Morgan fingerprint density at radius 2 is 2.22 bits per heavy atom. The molecule has 1 aliphatic rings. The summed E-state index contributed by atoms with van der Waals surface area (Å²) in [6, 6.07) is 5.22. The van der Waals surface area contributed by atoms with Crippen LogP contribution in [-0.4, -0.2) is 6.54 Å². The highest BCUT2D eigenvalue weighted by Gasteiger charge is 2.21. The van der Waals surface area contributed by atoms with E-state index in [1.54, 1.807) is 6.07 Å². The molecule has 100 valence electrons. The highest BCUT2D eigenvalue weighted by atomic mass is 35.5. The van der Waals surface area contributed by atoms with Crippen LogP contribution in [-0.2, 0) is 0 Å². The van der Waals surface area contributed by atoms with Crippen LogP contribution in [0, 0.1) is 17.7 Å². The molecule has 18 heavy (non-hydrogen) atoms. The second kappa shape index (κ2) is 6.03. The fourth-order valence-electron chi connectivity index (χ4n) is 2.75. The van der Waals surface area contributed by atoms with Crippen LogP contribution in [0.1, 0.15) is 44.7 Å². The summed E-state index contributed by atoms with van der Waals surface area (Å²) in [6.07, 6.45) is 3.97. The van der Waals surface area contributed by atoms with Crippen LogP contribution in [0.5, 0.6) is 0 Å². The van der Waals surface area contributed by atoms with E-state index >= 15 is 0 Å². The third kappa shape index (κ3) is 3.46. The zero-order valence-electron chi connectivity index (χ0n) is 11.0. The molecule has 3 unspecified atom stereocenters.